The van der Waals surface area contributed by atoms with Crippen LogP contribution in [0.3, 0.4) is 0 Å². The minimum Gasteiger partial charge on any atom is -0.462 e. The fourth-order valence-corrected chi connectivity index (χ4v) is 4.08. The second-order valence-electron chi connectivity index (χ2n) is 5.77. The highest BCUT2D eigenvalue weighted by Gasteiger charge is 2.48. The van der Waals surface area contributed by atoms with Crippen LogP contribution < -0.4 is 10.6 Å². The van der Waals surface area contributed by atoms with Gasteiger partial charge in [0, 0.05) is 11.9 Å². The molecule has 1 saturated heterocycles. The average Bonchev–Trinajstić information content (AvgIpc) is 2.55. The number of anilines is 1. The third-order valence-electron chi connectivity index (χ3n) is 4.19. The van der Waals surface area contributed by atoms with Crippen molar-refractivity contribution in [3.63, 3.8) is 0 Å². The number of rotatable bonds is 5. The van der Waals surface area contributed by atoms with Gasteiger partial charge in [-0.05, 0) is 57.1 Å². The van der Waals surface area contributed by atoms with Crippen molar-refractivity contribution in [3.8, 4) is 0 Å². The van der Waals surface area contributed by atoms with Gasteiger partial charge in [-0.3, -0.25) is 4.79 Å². The predicted molar refractivity (Wildman–Crippen MR) is 90.7 cm³/mol. The summed E-state index contributed by atoms with van der Waals surface area (Å²) in [4.78, 5) is 24.3. The van der Waals surface area contributed by atoms with E-state index in [9.17, 15) is 18.0 Å². The quantitative estimate of drug-likeness (QED) is 0.764. The molecule has 1 heterocycles. The van der Waals surface area contributed by atoms with Gasteiger partial charge in [-0.15, -0.1) is 0 Å². The van der Waals surface area contributed by atoms with Crippen LogP contribution in [0.4, 0.5) is 5.69 Å². The first kappa shape index (κ1) is 18.4. The van der Waals surface area contributed by atoms with Crippen LogP contribution in [0.2, 0.25) is 0 Å². The molecule has 1 aliphatic heterocycles. The van der Waals surface area contributed by atoms with Gasteiger partial charge < -0.3 is 15.4 Å². The lowest BCUT2D eigenvalue weighted by atomic mass is 9.95. The molecule has 1 amide bonds. The van der Waals surface area contributed by atoms with E-state index in [0.29, 0.717) is 24.3 Å². The van der Waals surface area contributed by atoms with Crippen molar-refractivity contribution >= 4 is 27.4 Å². The second-order valence-corrected chi connectivity index (χ2v) is 8.09. The molecule has 8 heteroatoms. The lowest BCUT2D eigenvalue weighted by Gasteiger charge is -2.34. The molecule has 1 fully saturated rings. The van der Waals surface area contributed by atoms with Crippen molar-refractivity contribution in [2.24, 2.45) is 0 Å². The molecule has 132 valence electrons. The minimum absolute atomic E-state index is 0.235. The molecule has 0 unspecified atom stereocenters. The van der Waals surface area contributed by atoms with Crippen LogP contribution in [0.5, 0.6) is 0 Å². The number of piperidine rings is 1. The average molecular weight is 354 g/mol. The van der Waals surface area contributed by atoms with Gasteiger partial charge in [0.25, 0.3) is 0 Å². The van der Waals surface area contributed by atoms with Crippen LogP contribution in [-0.4, -0.2) is 51.0 Å². The van der Waals surface area contributed by atoms with Crippen LogP contribution in [0.1, 0.15) is 30.1 Å². The monoisotopic (exact) mass is 354 g/mol. The molecule has 1 aromatic rings. The molecule has 0 spiro atoms. The Labute approximate surface area is 141 Å². The van der Waals surface area contributed by atoms with Crippen LogP contribution in [0, 0.1) is 0 Å². The van der Waals surface area contributed by atoms with Crippen LogP contribution in [0.15, 0.2) is 24.3 Å². The van der Waals surface area contributed by atoms with E-state index in [-0.39, 0.29) is 19.4 Å². The zero-order chi connectivity index (χ0) is 17.8. The Morgan fingerprint density at radius 3 is 2.29 bits per heavy atom. The highest BCUT2D eigenvalue weighted by Crippen LogP contribution is 2.29. The fourth-order valence-electron chi connectivity index (χ4n) is 2.75. The van der Waals surface area contributed by atoms with E-state index in [1.807, 2.05) is 0 Å². The molecular formula is C16H22N2O5S. The summed E-state index contributed by atoms with van der Waals surface area (Å²) in [5, 5.41) is 5.73. The van der Waals surface area contributed by atoms with Crippen LogP contribution >= 0.6 is 0 Å². The summed E-state index contributed by atoms with van der Waals surface area (Å²) in [5.41, 5.74) is 0.809. The molecule has 0 atom stereocenters. The number of ether oxygens (including phenoxy) is 1. The summed E-state index contributed by atoms with van der Waals surface area (Å²) in [6, 6.07) is 6.18. The molecule has 0 saturated carbocycles. The number of carbonyl (C=O) groups is 2. The van der Waals surface area contributed by atoms with Crippen molar-refractivity contribution in [1.29, 1.82) is 0 Å². The van der Waals surface area contributed by atoms with Gasteiger partial charge in [-0.1, -0.05) is 0 Å². The number of nitrogens with one attached hydrogen (secondary N) is 2. The first-order chi connectivity index (χ1) is 11.3. The number of esters is 1. The lowest BCUT2D eigenvalue weighted by molar-refractivity contribution is -0.119. The Morgan fingerprint density at radius 2 is 1.79 bits per heavy atom. The van der Waals surface area contributed by atoms with Crippen molar-refractivity contribution in [2.75, 3.05) is 31.3 Å². The fraction of sp³-hybridized carbons (Fsp3) is 0.500. The summed E-state index contributed by atoms with van der Waals surface area (Å²) in [6.45, 7) is 2.95. The standard InChI is InChI=1S/C16H22N2O5S/c1-3-23-14(19)12-4-6-13(7-5-12)18-15(20)16(24(2,21)22)8-10-17-11-9-16/h4-7,17H,3,8-11H2,1-2H3,(H,18,20). The van der Waals surface area contributed by atoms with Crippen molar-refractivity contribution in [1.82, 2.24) is 5.32 Å². The van der Waals surface area contributed by atoms with E-state index in [4.69, 9.17) is 4.74 Å². The molecule has 0 aliphatic carbocycles. The first-order valence-electron chi connectivity index (χ1n) is 7.79. The van der Waals surface area contributed by atoms with Gasteiger partial charge in [0.05, 0.1) is 12.2 Å². The summed E-state index contributed by atoms with van der Waals surface area (Å²) in [5.74, 6) is -0.975. The van der Waals surface area contributed by atoms with E-state index in [1.54, 1.807) is 19.1 Å². The predicted octanol–water partition coefficient (Wildman–Crippen LogP) is 0.969. The smallest absolute Gasteiger partial charge is 0.338 e. The molecule has 24 heavy (non-hydrogen) atoms. The molecule has 0 radical (unpaired) electrons. The highest BCUT2D eigenvalue weighted by molar-refractivity contribution is 7.92. The third kappa shape index (κ3) is 3.76. The molecule has 0 bridgehead atoms. The molecule has 2 N–H and O–H groups in total. The Kier molecular flexibility index (Phi) is 5.61. The number of benzene rings is 1. The van der Waals surface area contributed by atoms with Gasteiger partial charge in [0.15, 0.2) is 14.6 Å². The van der Waals surface area contributed by atoms with Gasteiger partial charge >= 0.3 is 5.97 Å². The van der Waals surface area contributed by atoms with Crippen LogP contribution in [0.25, 0.3) is 0 Å². The van der Waals surface area contributed by atoms with E-state index < -0.39 is 26.5 Å². The number of sulfone groups is 1. The number of hydrogen-bond donors (Lipinski definition) is 2. The van der Waals surface area contributed by atoms with Crippen molar-refractivity contribution in [3.05, 3.63) is 29.8 Å². The maximum atomic E-state index is 12.6. The van der Waals surface area contributed by atoms with E-state index >= 15 is 0 Å². The van der Waals surface area contributed by atoms with Crippen molar-refractivity contribution in [2.45, 2.75) is 24.5 Å². The molecule has 1 aromatic carbocycles. The zero-order valence-electron chi connectivity index (χ0n) is 13.8. The first-order valence-corrected chi connectivity index (χ1v) is 9.68. The molecule has 1 aliphatic rings. The minimum atomic E-state index is -3.56. The van der Waals surface area contributed by atoms with Gasteiger partial charge in [-0.2, -0.15) is 0 Å². The van der Waals surface area contributed by atoms with Gasteiger partial charge in [0.2, 0.25) is 5.91 Å². The Morgan fingerprint density at radius 1 is 1.21 bits per heavy atom. The Hall–Kier alpha value is -1.93. The maximum absolute atomic E-state index is 12.6. The number of hydrogen-bond acceptors (Lipinski definition) is 6. The SMILES string of the molecule is CCOC(=O)c1ccc(NC(=O)C2(S(C)(=O)=O)CCNCC2)cc1. The van der Waals surface area contributed by atoms with Gasteiger partial charge in [0.1, 0.15) is 0 Å². The van der Waals surface area contributed by atoms with E-state index in [2.05, 4.69) is 10.6 Å². The molecular weight excluding hydrogens is 332 g/mol. The van der Waals surface area contributed by atoms with Crippen LogP contribution in [-0.2, 0) is 19.4 Å². The van der Waals surface area contributed by atoms with E-state index in [1.165, 1.54) is 12.1 Å². The largest absolute Gasteiger partial charge is 0.462 e. The Balaban J connectivity index is 2.17. The molecule has 7 nitrogen and oxygen atoms in total. The summed E-state index contributed by atoms with van der Waals surface area (Å²) >= 11 is 0. The van der Waals surface area contributed by atoms with Crippen molar-refractivity contribution < 1.29 is 22.7 Å². The zero-order valence-corrected chi connectivity index (χ0v) is 14.6. The highest BCUT2D eigenvalue weighted by atomic mass is 32.2. The van der Waals surface area contributed by atoms with E-state index in [0.717, 1.165) is 6.26 Å². The summed E-state index contributed by atoms with van der Waals surface area (Å²) in [7, 11) is -3.56. The molecule has 0 aromatic heterocycles. The number of carbonyl (C=O) groups excluding carboxylic acids is 2. The van der Waals surface area contributed by atoms with Gasteiger partial charge in [-0.25, -0.2) is 13.2 Å². The molecule has 2 rings (SSSR count). The lowest BCUT2D eigenvalue weighted by Crippen LogP contribution is -2.55. The Bertz CT molecular complexity index is 706. The number of amides is 1. The second kappa shape index (κ2) is 7.31. The topological polar surface area (TPSA) is 102 Å². The normalized spacial score (nSPS) is 17.1. The summed E-state index contributed by atoms with van der Waals surface area (Å²) < 4.78 is 27.9. The summed E-state index contributed by atoms with van der Waals surface area (Å²) in [6.07, 6.45) is 1.57. The third-order valence-corrected chi connectivity index (χ3v) is 6.20. The maximum Gasteiger partial charge on any atom is 0.338 e.